The van der Waals surface area contributed by atoms with Crippen molar-refractivity contribution in [3.05, 3.63) is 23.8 Å². The van der Waals surface area contributed by atoms with Gasteiger partial charge in [-0.1, -0.05) is 0 Å². The van der Waals surface area contributed by atoms with Crippen LogP contribution in [-0.4, -0.2) is 24.5 Å². The van der Waals surface area contributed by atoms with E-state index in [4.69, 9.17) is 10.0 Å². The zero-order chi connectivity index (χ0) is 12.3. The molecular weight excluding hydrogens is 228 g/mol. The van der Waals surface area contributed by atoms with Gasteiger partial charge in [0.25, 0.3) is 0 Å². The molecule has 16 heavy (non-hydrogen) atoms. The van der Waals surface area contributed by atoms with Crippen LogP contribution in [-0.2, 0) is 6.18 Å². The number of hydrogen-bond donors (Lipinski definition) is 2. The van der Waals surface area contributed by atoms with Crippen LogP contribution in [0.4, 0.5) is 13.2 Å². The summed E-state index contributed by atoms with van der Waals surface area (Å²) in [6, 6.07) is 2.87. The second kappa shape index (κ2) is 4.62. The number of ether oxygens (including phenoxy) is 1. The summed E-state index contributed by atoms with van der Waals surface area (Å²) >= 11 is 0. The zero-order valence-electron chi connectivity index (χ0n) is 8.15. The molecule has 1 rings (SSSR count). The molecule has 8 heteroatoms. The van der Waals surface area contributed by atoms with Crippen molar-refractivity contribution in [3.63, 3.8) is 0 Å². The molecule has 0 aliphatic rings. The van der Waals surface area contributed by atoms with Gasteiger partial charge in [0, 0.05) is 0 Å². The second-order valence-electron chi connectivity index (χ2n) is 2.80. The number of hydrogen-bond acceptors (Lipinski definition) is 4. The lowest BCUT2D eigenvalue weighted by Crippen LogP contribution is -2.22. The van der Waals surface area contributed by atoms with Gasteiger partial charge >= 0.3 is 13.5 Å². The third-order valence-corrected chi connectivity index (χ3v) is 1.72. The Morgan fingerprint density at radius 2 is 1.88 bits per heavy atom. The van der Waals surface area contributed by atoms with Gasteiger partial charge in [0.05, 0.1) is 12.7 Å². The zero-order valence-corrected chi connectivity index (χ0v) is 8.15. The maximum atomic E-state index is 12.5. The third-order valence-electron chi connectivity index (χ3n) is 1.72. The summed E-state index contributed by atoms with van der Waals surface area (Å²) < 4.78 is 46.4. The summed E-state index contributed by atoms with van der Waals surface area (Å²) in [4.78, 5) is 0. The normalized spacial score (nSPS) is 11.1. The van der Waals surface area contributed by atoms with Crippen molar-refractivity contribution < 1.29 is 32.6 Å². The van der Waals surface area contributed by atoms with E-state index < -0.39 is 24.8 Å². The first-order chi connectivity index (χ1) is 7.34. The van der Waals surface area contributed by atoms with Gasteiger partial charge < -0.3 is 19.4 Å². The largest absolute Gasteiger partial charge is 0.707 e. The summed E-state index contributed by atoms with van der Waals surface area (Å²) in [5, 5.41) is 16.9. The van der Waals surface area contributed by atoms with Crippen LogP contribution in [0, 0.1) is 0 Å². The molecule has 1 aromatic rings. The molecule has 0 atom stereocenters. The smallest absolute Gasteiger partial charge is 0.511 e. The van der Waals surface area contributed by atoms with Gasteiger partial charge in [-0.15, -0.1) is 0 Å². The molecule has 88 valence electrons. The molecule has 0 saturated heterocycles. The molecule has 0 amide bonds. The lowest BCUT2D eigenvalue weighted by atomic mass is 10.1. The van der Waals surface area contributed by atoms with Crippen LogP contribution in [0.5, 0.6) is 11.5 Å². The van der Waals surface area contributed by atoms with E-state index >= 15 is 0 Å². The summed E-state index contributed by atoms with van der Waals surface area (Å²) in [5.41, 5.74) is -1.14. The quantitative estimate of drug-likeness (QED) is 0.770. The average molecular weight is 236 g/mol. The van der Waals surface area contributed by atoms with Gasteiger partial charge in [-0.3, -0.25) is 0 Å². The van der Waals surface area contributed by atoms with Crippen LogP contribution in [0.15, 0.2) is 18.2 Å². The second-order valence-corrected chi connectivity index (χ2v) is 2.80. The SMILES string of the molecule is COc1ccc(OB(O)O)c(C(F)(F)F)c1. The first-order valence-corrected chi connectivity index (χ1v) is 4.12. The van der Waals surface area contributed by atoms with Crippen molar-refractivity contribution in [2.24, 2.45) is 0 Å². The number of halogens is 3. The van der Waals surface area contributed by atoms with E-state index in [9.17, 15) is 13.2 Å². The van der Waals surface area contributed by atoms with Crippen molar-refractivity contribution in [2.45, 2.75) is 6.18 Å². The van der Waals surface area contributed by atoms with Crippen LogP contribution < -0.4 is 9.39 Å². The highest BCUT2D eigenvalue weighted by molar-refractivity contribution is 6.33. The maximum absolute atomic E-state index is 12.5. The van der Waals surface area contributed by atoms with E-state index in [1.54, 1.807) is 0 Å². The van der Waals surface area contributed by atoms with Gasteiger partial charge in [0.2, 0.25) is 0 Å². The minimum absolute atomic E-state index is 0.00731. The Hall–Kier alpha value is -1.41. The number of methoxy groups -OCH3 is 1. The fourth-order valence-corrected chi connectivity index (χ4v) is 1.07. The minimum Gasteiger partial charge on any atom is -0.511 e. The van der Waals surface area contributed by atoms with Crippen molar-refractivity contribution in [1.29, 1.82) is 0 Å². The monoisotopic (exact) mass is 236 g/mol. The maximum Gasteiger partial charge on any atom is 0.707 e. The van der Waals surface area contributed by atoms with Crippen LogP contribution >= 0.6 is 0 Å². The molecule has 1 aromatic carbocycles. The molecule has 4 nitrogen and oxygen atoms in total. The predicted octanol–water partition coefficient (Wildman–Crippen LogP) is 1.06. The van der Waals surface area contributed by atoms with E-state index in [1.807, 2.05) is 0 Å². The van der Waals surface area contributed by atoms with Gasteiger partial charge in [0.1, 0.15) is 11.5 Å². The molecule has 0 aromatic heterocycles. The predicted molar refractivity (Wildman–Crippen MR) is 48.8 cm³/mol. The number of rotatable bonds is 3. The van der Waals surface area contributed by atoms with Crippen LogP contribution in [0.2, 0.25) is 0 Å². The minimum atomic E-state index is -4.67. The molecule has 0 radical (unpaired) electrons. The Balaban J connectivity index is 3.17. The molecule has 0 spiro atoms. The number of benzene rings is 1. The van der Waals surface area contributed by atoms with Crippen molar-refractivity contribution >= 4 is 7.32 Å². The van der Waals surface area contributed by atoms with Crippen LogP contribution in [0.25, 0.3) is 0 Å². The van der Waals surface area contributed by atoms with Crippen LogP contribution in [0.1, 0.15) is 5.56 Å². The topological polar surface area (TPSA) is 58.9 Å². The van der Waals surface area contributed by atoms with Gasteiger partial charge in [-0.2, -0.15) is 13.2 Å². The summed E-state index contributed by atoms with van der Waals surface area (Å²) in [6.07, 6.45) is -4.67. The van der Waals surface area contributed by atoms with E-state index in [2.05, 4.69) is 9.39 Å². The molecular formula is C8H8BF3O4. The highest BCUT2D eigenvalue weighted by Crippen LogP contribution is 2.38. The van der Waals surface area contributed by atoms with Crippen molar-refractivity contribution in [3.8, 4) is 11.5 Å². The van der Waals surface area contributed by atoms with Gasteiger partial charge in [-0.05, 0) is 18.2 Å². The fraction of sp³-hybridized carbons (Fsp3) is 0.250. The Bertz CT molecular complexity index is 367. The molecule has 2 N–H and O–H groups in total. The van der Waals surface area contributed by atoms with E-state index in [-0.39, 0.29) is 5.75 Å². The lowest BCUT2D eigenvalue weighted by Gasteiger charge is -2.14. The molecule has 0 aliphatic heterocycles. The number of alkyl halides is 3. The molecule has 0 heterocycles. The fourth-order valence-electron chi connectivity index (χ4n) is 1.07. The first-order valence-electron chi connectivity index (χ1n) is 4.12. The average Bonchev–Trinajstić information content (AvgIpc) is 2.15. The standard InChI is InChI=1S/C8H8BF3O4/c1-15-5-2-3-7(16-9(13)14)6(4-5)8(10,11)12/h2-4,13-14H,1H3. The Morgan fingerprint density at radius 1 is 1.25 bits per heavy atom. The third kappa shape index (κ3) is 3.04. The first kappa shape index (κ1) is 12.7. The highest BCUT2D eigenvalue weighted by Gasteiger charge is 2.35. The Morgan fingerprint density at radius 3 is 2.31 bits per heavy atom. The molecule has 0 fully saturated rings. The molecule has 0 aliphatic carbocycles. The van der Waals surface area contributed by atoms with Crippen molar-refractivity contribution in [1.82, 2.24) is 0 Å². The molecule has 0 bridgehead atoms. The van der Waals surface area contributed by atoms with Gasteiger partial charge in [0.15, 0.2) is 0 Å². The van der Waals surface area contributed by atoms with Crippen molar-refractivity contribution in [2.75, 3.05) is 7.11 Å². The Kier molecular flexibility index (Phi) is 3.66. The lowest BCUT2D eigenvalue weighted by molar-refractivity contribution is -0.138. The van der Waals surface area contributed by atoms with Crippen LogP contribution in [0.3, 0.4) is 0 Å². The van der Waals surface area contributed by atoms with E-state index in [0.717, 1.165) is 6.07 Å². The van der Waals surface area contributed by atoms with E-state index in [1.165, 1.54) is 13.2 Å². The summed E-state index contributed by atoms with van der Waals surface area (Å²) in [5.74, 6) is -0.685. The molecule has 0 unspecified atom stereocenters. The van der Waals surface area contributed by atoms with E-state index in [0.29, 0.717) is 6.07 Å². The van der Waals surface area contributed by atoms with Gasteiger partial charge in [-0.25, -0.2) is 0 Å². The summed E-state index contributed by atoms with van der Waals surface area (Å²) in [6.45, 7) is 0. The molecule has 0 saturated carbocycles. The Labute approximate surface area is 89.4 Å². The summed E-state index contributed by atoms with van der Waals surface area (Å²) in [7, 11) is -1.09. The highest BCUT2D eigenvalue weighted by atomic mass is 19.4.